The van der Waals surface area contributed by atoms with E-state index in [1.165, 1.54) is 69.4 Å². The molecule has 0 atom stereocenters. The van der Waals surface area contributed by atoms with Crippen molar-refractivity contribution in [2.45, 2.75) is 66.2 Å². The highest BCUT2D eigenvalue weighted by atomic mass is 15.1. The van der Waals surface area contributed by atoms with Crippen molar-refractivity contribution in [2.24, 2.45) is 25.9 Å². The van der Waals surface area contributed by atoms with Gasteiger partial charge in [-0.25, -0.2) is 9.13 Å². The second kappa shape index (κ2) is 17.6. The number of pyridine rings is 2. The first-order chi connectivity index (χ1) is 16.2. The first-order valence-electron chi connectivity index (χ1n) is 13.5. The van der Waals surface area contributed by atoms with Crippen LogP contribution in [0, 0.1) is 18.8 Å². The van der Waals surface area contributed by atoms with Gasteiger partial charge in [0.1, 0.15) is 14.1 Å². The standard InChI is InChI=1S/C8H17N.C8H12N.C7H15N.C7H10N.2H2/c2*1-3-8-4-6-9(2)7-5-8;2*1-7-3-5-8(2)6-4-7;;/h8H,3-7H2,1-2H3;4-7H,3H2,1-2H3;7H,3-6H2,1-2H3;3-6H,1-2H3;2*1H/q;+1;;+1;;. The predicted octanol–water partition coefficient (Wildman–Crippen LogP) is 5.47. The second-order valence-electron chi connectivity index (χ2n) is 10.4. The minimum atomic E-state index is 0. The quantitative estimate of drug-likeness (QED) is 0.536. The second-order valence-corrected chi connectivity index (χ2v) is 10.4. The van der Waals surface area contributed by atoms with Crippen molar-refractivity contribution in [3.05, 3.63) is 60.2 Å². The van der Waals surface area contributed by atoms with Crippen molar-refractivity contribution in [3.8, 4) is 0 Å². The number of rotatable bonds is 2. The molecule has 2 aliphatic heterocycles. The Labute approximate surface area is 214 Å². The number of aryl methyl sites for hydroxylation is 4. The molecule has 2 aromatic heterocycles. The molecule has 4 rings (SSSR count). The molecule has 0 unspecified atom stereocenters. The van der Waals surface area contributed by atoms with Gasteiger partial charge in [0, 0.05) is 27.1 Å². The molecule has 2 saturated heterocycles. The van der Waals surface area contributed by atoms with Crippen molar-refractivity contribution in [2.75, 3.05) is 40.3 Å². The van der Waals surface area contributed by atoms with Crippen LogP contribution < -0.4 is 9.13 Å². The van der Waals surface area contributed by atoms with Gasteiger partial charge in [0.15, 0.2) is 24.8 Å². The molecule has 4 nitrogen and oxygen atoms in total. The lowest BCUT2D eigenvalue weighted by molar-refractivity contribution is -0.671. The summed E-state index contributed by atoms with van der Waals surface area (Å²) in [6, 6.07) is 8.44. The zero-order valence-corrected chi connectivity index (χ0v) is 23.6. The highest BCUT2D eigenvalue weighted by molar-refractivity contribution is 5.06. The van der Waals surface area contributed by atoms with Gasteiger partial charge in [-0.3, -0.25) is 0 Å². The number of hydrogen-bond acceptors (Lipinski definition) is 2. The average Bonchev–Trinajstić information content (AvgIpc) is 2.85. The van der Waals surface area contributed by atoms with Gasteiger partial charge in [-0.1, -0.05) is 27.2 Å². The Bertz CT molecular complexity index is 706. The summed E-state index contributed by atoms with van der Waals surface area (Å²) in [7, 11) is 8.46. The van der Waals surface area contributed by atoms with Crippen molar-refractivity contribution in [3.63, 3.8) is 0 Å². The lowest BCUT2D eigenvalue weighted by Gasteiger charge is -2.27. The summed E-state index contributed by atoms with van der Waals surface area (Å²) in [6.45, 7) is 14.1. The number of aromatic nitrogens is 2. The molecule has 4 heterocycles. The topological polar surface area (TPSA) is 14.2 Å². The summed E-state index contributed by atoms with van der Waals surface area (Å²) in [5.74, 6) is 2.01. The van der Waals surface area contributed by atoms with Crippen LogP contribution in [0.2, 0.25) is 0 Å². The Morgan fingerprint density at radius 2 is 1.18 bits per heavy atom. The first-order valence-corrected chi connectivity index (χ1v) is 13.5. The smallest absolute Gasteiger partial charge is 0.168 e. The van der Waals surface area contributed by atoms with E-state index in [2.05, 4.69) is 88.2 Å². The van der Waals surface area contributed by atoms with Gasteiger partial charge in [0.05, 0.1) is 0 Å². The van der Waals surface area contributed by atoms with Crippen LogP contribution in [0.3, 0.4) is 0 Å². The maximum Gasteiger partial charge on any atom is 0.168 e. The van der Waals surface area contributed by atoms with E-state index >= 15 is 0 Å². The van der Waals surface area contributed by atoms with Crippen LogP contribution in [0.25, 0.3) is 0 Å². The number of nitrogens with zero attached hydrogens (tertiary/aromatic N) is 4. The highest BCUT2D eigenvalue weighted by Gasteiger charge is 2.13. The van der Waals surface area contributed by atoms with Crippen LogP contribution in [0.4, 0.5) is 0 Å². The Kier molecular flexibility index (Phi) is 15.7. The highest BCUT2D eigenvalue weighted by Crippen LogP contribution is 2.18. The van der Waals surface area contributed by atoms with E-state index in [-0.39, 0.29) is 2.85 Å². The maximum absolute atomic E-state index is 2.42. The molecule has 0 aliphatic carbocycles. The lowest BCUT2D eigenvalue weighted by Crippen LogP contribution is -2.29. The van der Waals surface area contributed by atoms with Gasteiger partial charge < -0.3 is 9.80 Å². The molecule has 0 saturated carbocycles. The van der Waals surface area contributed by atoms with Crippen LogP contribution in [0.1, 0.15) is 66.9 Å². The molecular formula is C30H58N4+2. The van der Waals surface area contributed by atoms with E-state index in [1.54, 1.807) is 0 Å². The van der Waals surface area contributed by atoms with E-state index in [0.29, 0.717) is 0 Å². The summed E-state index contributed by atoms with van der Waals surface area (Å²) >= 11 is 0. The number of hydrogen-bond donors (Lipinski definition) is 0. The summed E-state index contributed by atoms with van der Waals surface area (Å²) in [5, 5.41) is 0. The van der Waals surface area contributed by atoms with Crippen LogP contribution in [0.15, 0.2) is 49.1 Å². The van der Waals surface area contributed by atoms with Crippen LogP contribution in [0.5, 0.6) is 0 Å². The van der Waals surface area contributed by atoms with Crippen LogP contribution in [-0.2, 0) is 20.5 Å². The molecule has 0 amide bonds. The fourth-order valence-electron chi connectivity index (χ4n) is 3.95. The number of likely N-dealkylation sites (tertiary alicyclic amines) is 2. The van der Waals surface area contributed by atoms with E-state index in [4.69, 9.17) is 0 Å². The molecule has 2 aromatic rings. The summed E-state index contributed by atoms with van der Waals surface area (Å²) in [4.78, 5) is 4.83. The maximum atomic E-state index is 2.42. The SMILES string of the molecule is CC1CCN(C)CC1.CCC1CCN(C)CC1.CCc1cc[n+](C)cc1.Cc1cc[n+](C)cc1.[HH].[HH]. The third kappa shape index (κ3) is 14.5. The molecule has 4 heteroatoms. The Morgan fingerprint density at radius 3 is 1.53 bits per heavy atom. The van der Waals surface area contributed by atoms with Gasteiger partial charge in [-0.2, -0.15) is 0 Å². The number of piperidine rings is 2. The Balaban J connectivity index is 0. The van der Waals surface area contributed by atoms with Gasteiger partial charge in [0.25, 0.3) is 0 Å². The minimum Gasteiger partial charge on any atom is -0.306 e. The van der Waals surface area contributed by atoms with Gasteiger partial charge >= 0.3 is 0 Å². The zero-order chi connectivity index (χ0) is 25.3. The molecule has 196 valence electrons. The third-order valence-electron chi connectivity index (χ3n) is 7.02. The van der Waals surface area contributed by atoms with Crippen molar-refractivity contribution in [1.82, 2.24) is 9.80 Å². The monoisotopic (exact) mass is 474 g/mol. The molecule has 0 bridgehead atoms. The van der Waals surface area contributed by atoms with Gasteiger partial charge in [-0.05, 0) is 102 Å². The normalized spacial score (nSPS) is 17.4. The predicted molar refractivity (Wildman–Crippen MR) is 150 cm³/mol. The van der Waals surface area contributed by atoms with Crippen LogP contribution >= 0.6 is 0 Å². The summed E-state index contributed by atoms with van der Waals surface area (Å²) < 4.78 is 4.06. The average molecular weight is 475 g/mol. The fraction of sp³-hybridized carbons (Fsp3) is 0.667. The van der Waals surface area contributed by atoms with Crippen molar-refractivity contribution < 1.29 is 12.0 Å². The molecule has 2 aliphatic rings. The lowest BCUT2D eigenvalue weighted by atomic mass is 9.95. The molecule has 34 heavy (non-hydrogen) atoms. The van der Waals surface area contributed by atoms with E-state index in [9.17, 15) is 0 Å². The van der Waals surface area contributed by atoms with Gasteiger partial charge in [0.2, 0.25) is 0 Å². The van der Waals surface area contributed by atoms with E-state index < -0.39 is 0 Å². The Morgan fingerprint density at radius 1 is 0.765 bits per heavy atom. The first kappa shape index (κ1) is 30.3. The molecule has 0 aromatic carbocycles. The third-order valence-corrected chi connectivity index (χ3v) is 7.02. The summed E-state index contributed by atoms with van der Waals surface area (Å²) in [6.07, 6.45) is 16.4. The Hall–Kier alpha value is -1.78. The molecule has 0 radical (unpaired) electrons. The van der Waals surface area contributed by atoms with Crippen molar-refractivity contribution in [1.29, 1.82) is 0 Å². The van der Waals surface area contributed by atoms with E-state index in [0.717, 1.165) is 18.3 Å². The van der Waals surface area contributed by atoms with E-state index in [1.807, 2.05) is 35.6 Å². The molecular weight excluding hydrogens is 416 g/mol. The molecule has 2 fully saturated rings. The molecule has 0 spiro atoms. The fourth-order valence-corrected chi connectivity index (χ4v) is 3.95. The molecule has 0 N–H and O–H groups in total. The summed E-state index contributed by atoms with van der Waals surface area (Å²) in [5.41, 5.74) is 2.70. The van der Waals surface area contributed by atoms with Gasteiger partial charge in [-0.15, -0.1) is 0 Å². The largest absolute Gasteiger partial charge is 0.306 e. The minimum absolute atomic E-state index is 0. The zero-order valence-electron chi connectivity index (χ0n) is 23.6. The van der Waals surface area contributed by atoms with Crippen LogP contribution in [-0.4, -0.2) is 50.1 Å². The van der Waals surface area contributed by atoms with Crippen molar-refractivity contribution >= 4 is 0 Å².